The van der Waals surface area contributed by atoms with Crippen molar-refractivity contribution in [3.8, 4) is 0 Å². The molecule has 4 heteroatoms. The van der Waals surface area contributed by atoms with Gasteiger partial charge in [0.1, 0.15) is 5.83 Å². The first-order valence-corrected chi connectivity index (χ1v) is 6.21. The highest BCUT2D eigenvalue weighted by atomic mass is 19.1. The van der Waals surface area contributed by atoms with Crippen LogP contribution in [0.5, 0.6) is 0 Å². The van der Waals surface area contributed by atoms with E-state index in [1.165, 1.54) is 6.08 Å². The van der Waals surface area contributed by atoms with Gasteiger partial charge in [0, 0.05) is 25.4 Å². The van der Waals surface area contributed by atoms with Gasteiger partial charge in [0.05, 0.1) is 16.6 Å². The molecule has 0 fully saturated rings. The van der Waals surface area contributed by atoms with Crippen molar-refractivity contribution in [3.05, 3.63) is 53.6 Å². The molecule has 0 radical (unpaired) electrons. The highest BCUT2D eigenvalue weighted by Gasteiger charge is 2.11. The Kier molecular flexibility index (Phi) is 2.99. The SMILES string of the molecule is O=Cc1cn(CC2=CC=C(F)CC2)c2cccnc12. The van der Waals surface area contributed by atoms with Gasteiger partial charge < -0.3 is 4.57 Å². The van der Waals surface area contributed by atoms with E-state index in [2.05, 4.69) is 4.98 Å². The van der Waals surface area contributed by atoms with Gasteiger partial charge in [-0.3, -0.25) is 9.78 Å². The van der Waals surface area contributed by atoms with Crippen LogP contribution in [0.1, 0.15) is 23.2 Å². The van der Waals surface area contributed by atoms with E-state index in [0.29, 0.717) is 18.5 Å². The van der Waals surface area contributed by atoms with Crippen molar-refractivity contribution < 1.29 is 9.18 Å². The highest BCUT2D eigenvalue weighted by molar-refractivity contribution is 5.94. The van der Waals surface area contributed by atoms with Crippen LogP contribution in [-0.2, 0) is 6.54 Å². The fourth-order valence-electron chi connectivity index (χ4n) is 2.37. The summed E-state index contributed by atoms with van der Waals surface area (Å²) >= 11 is 0. The van der Waals surface area contributed by atoms with Gasteiger partial charge in [-0.15, -0.1) is 0 Å². The van der Waals surface area contributed by atoms with Crippen LogP contribution in [0.15, 0.2) is 48.1 Å². The molecule has 2 heterocycles. The van der Waals surface area contributed by atoms with E-state index in [9.17, 15) is 9.18 Å². The smallest absolute Gasteiger partial charge is 0.153 e. The Labute approximate surface area is 110 Å². The summed E-state index contributed by atoms with van der Waals surface area (Å²) in [6.07, 6.45) is 8.83. The van der Waals surface area contributed by atoms with Crippen molar-refractivity contribution in [2.45, 2.75) is 19.4 Å². The predicted molar refractivity (Wildman–Crippen MR) is 71.6 cm³/mol. The molecule has 0 N–H and O–H groups in total. The van der Waals surface area contributed by atoms with Gasteiger partial charge in [0.2, 0.25) is 0 Å². The number of aromatic nitrogens is 2. The van der Waals surface area contributed by atoms with Crippen molar-refractivity contribution in [2.24, 2.45) is 0 Å². The molecule has 19 heavy (non-hydrogen) atoms. The van der Waals surface area contributed by atoms with Crippen LogP contribution in [0.3, 0.4) is 0 Å². The lowest BCUT2D eigenvalue weighted by Gasteiger charge is -2.12. The fourth-order valence-corrected chi connectivity index (χ4v) is 2.37. The van der Waals surface area contributed by atoms with Gasteiger partial charge in [-0.05, 0) is 24.6 Å². The number of hydrogen-bond donors (Lipinski definition) is 0. The number of halogens is 1. The summed E-state index contributed by atoms with van der Waals surface area (Å²) in [5.74, 6) is -0.0728. The number of pyridine rings is 1. The van der Waals surface area contributed by atoms with Gasteiger partial charge in [0.15, 0.2) is 6.29 Å². The van der Waals surface area contributed by atoms with Crippen molar-refractivity contribution in [1.29, 1.82) is 0 Å². The lowest BCUT2D eigenvalue weighted by molar-refractivity contribution is 0.112. The summed E-state index contributed by atoms with van der Waals surface area (Å²) in [5, 5.41) is 0. The molecule has 2 aromatic rings. The lowest BCUT2D eigenvalue weighted by atomic mass is 10.0. The number of aldehydes is 1. The third kappa shape index (κ3) is 2.21. The van der Waals surface area contributed by atoms with E-state index in [4.69, 9.17) is 0 Å². The van der Waals surface area contributed by atoms with Gasteiger partial charge in [-0.2, -0.15) is 0 Å². The van der Waals surface area contributed by atoms with Crippen LogP contribution in [0.25, 0.3) is 11.0 Å². The number of hydrogen-bond acceptors (Lipinski definition) is 2. The molecule has 3 nitrogen and oxygen atoms in total. The first-order chi connectivity index (χ1) is 9.28. The topological polar surface area (TPSA) is 34.9 Å². The quantitative estimate of drug-likeness (QED) is 0.789. The van der Waals surface area contributed by atoms with Gasteiger partial charge >= 0.3 is 0 Å². The average Bonchev–Trinajstić information content (AvgIpc) is 2.80. The Morgan fingerprint density at radius 1 is 1.37 bits per heavy atom. The molecule has 0 amide bonds. The van der Waals surface area contributed by atoms with Crippen molar-refractivity contribution in [2.75, 3.05) is 0 Å². The number of fused-ring (bicyclic) bond motifs is 1. The standard InChI is InChI=1S/C15H13FN2O/c16-13-5-3-11(4-6-13)8-18-9-12(10-19)15-14(18)2-1-7-17-15/h1-3,5,7,9-10H,4,6,8H2. The molecule has 0 bridgehead atoms. The number of rotatable bonds is 3. The Hall–Kier alpha value is -2.23. The molecule has 0 spiro atoms. The van der Waals surface area contributed by atoms with Crippen LogP contribution in [0.4, 0.5) is 4.39 Å². The Balaban J connectivity index is 1.99. The van der Waals surface area contributed by atoms with E-state index in [1.54, 1.807) is 12.4 Å². The number of allylic oxidation sites excluding steroid dienone is 4. The van der Waals surface area contributed by atoms with Crippen LogP contribution in [0, 0.1) is 0 Å². The monoisotopic (exact) mass is 256 g/mol. The third-order valence-corrected chi connectivity index (χ3v) is 3.35. The third-order valence-electron chi connectivity index (χ3n) is 3.35. The molecule has 3 rings (SSSR count). The molecule has 1 aliphatic carbocycles. The minimum absolute atomic E-state index is 0.0728. The molecule has 2 aromatic heterocycles. The molecule has 0 saturated carbocycles. The number of carbonyl (C=O) groups excluding carboxylic acids is 1. The molecule has 96 valence electrons. The van der Waals surface area contributed by atoms with Gasteiger partial charge in [-0.25, -0.2) is 4.39 Å². The molecule has 0 saturated heterocycles. The lowest BCUT2D eigenvalue weighted by Crippen LogP contribution is -2.02. The first kappa shape index (κ1) is 11.8. The molecule has 0 aliphatic heterocycles. The molecular weight excluding hydrogens is 243 g/mol. The summed E-state index contributed by atoms with van der Waals surface area (Å²) in [7, 11) is 0. The average molecular weight is 256 g/mol. The maximum atomic E-state index is 13.0. The zero-order valence-corrected chi connectivity index (χ0v) is 10.3. The minimum Gasteiger partial charge on any atom is -0.341 e. The number of carbonyl (C=O) groups is 1. The minimum atomic E-state index is -0.0728. The van der Waals surface area contributed by atoms with Crippen LogP contribution in [0.2, 0.25) is 0 Å². The van der Waals surface area contributed by atoms with Gasteiger partial charge in [0.25, 0.3) is 0 Å². The van der Waals surface area contributed by atoms with Crippen LogP contribution in [-0.4, -0.2) is 15.8 Å². The molecule has 0 aromatic carbocycles. The van der Waals surface area contributed by atoms with Crippen LogP contribution >= 0.6 is 0 Å². The summed E-state index contributed by atoms with van der Waals surface area (Å²) in [6, 6.07) is 3.79. The molecule has 0 unspecified atom stereocenters. The normalized spacial score (nSPS) is 15.2. The molecular formula is C15H13FN2O. The largest absolute Gasteiger partial charge is 0.341 e. The molecule has 0 atom stereocenters. The second-order valence-corrected chi connectivity index (χ2v) is 4.64. The maximum Gasteiger partial charge on any atom is 0.153 e. The first-order valence-electron chi connectivity index (χ1n) is 6.21. The Bertz CT molecular complexity index is 697. The summed E-state index contributed by atoms with van der Waals surface area (Å²) in [6.45, 7) is 0.666. The zero-order valence-electron chi connectivity index (χ0n) is 10.3. The van der Waals surface area contributed by atoms with E-state index in [0.717, 1.165) is 29.3 Å². The predicted octanol–water partition coefficient (Wildman–Crippen LogP) is 3.42. The van der Waals surface area contributed by atoms with E-state index >= 15 is 0 Å². The Morgan fingerprint density at radius 2 is 2.26 bits per heavy atom. The summed E-state index contributed by atoms with van der Waals surface area (Å²) < 4.78 is 15.0. The Morgan fingerprint density at radius 3 is 3.00 bits per heavy atom. The fraction of sp³-hybridized carbons (Fsp3) is 0.200. The van der Waals surface area contributed by atoms with Crippen molar-refractivity contribution in [3.63, 3.8) is 0 Å². The second-order valence-electron chi connectivity index (χ2n) is 4.64. The van der Waals surface area contributed by atoms with Crippen molar-refractivity contribution in [1.82, 2.24) is 9.55 Å². The van der Waals surface area contributed by atoms with E-state index in [1.807, 2.05) is 22.8 Å². The van der Waals surface area contributed by atoms with Crippen molar-refractivity contribution >= 4 is 17.3 Å². The van der Waals surface area contributed by atoms with Crippen LogP contribution < -0.4 is 0 Å². The number of nitrogens with zero attached hydrogens (tertiary/aromatic N) is 2. The summed E-state index contributed by atoms with van der Waals surface area (Å²) in [4.78, 5) is 15.3. The van der Waals surface area contributed by atoms with Gasteiger partial charge in [-0.1, -0.05) is 11.6 Å². The second kappa shape index (κ2) is 4.80. The highest BCUT2D eigenvalue weighted by Crippen LogP contribution is 2.23. The maximum absolute atomic E-state index is 13.0. The molecule has 1 aliphatic rings. The van der Waals surface area contributed by atoms with E-state index in [-0.39, 0.29) is 5.83 Å². The van der Waals surface area contributed by atoms with E-state index < -0.39 is 0 Å². The zero-order chi connectivity index (χ0) is 13.2. The summed E-state index contributed by atoms with van der Waals surface area (Å²) in [5.41, 5.74) is 3.39.